The van der Waals surface area contributed by atoms with Gasteiger partial charge >= 0.3 is 0 Å². The molecular formula is C9H19N3O. The van der Waals surface area contributed by atoms with E-state index < -0.39 is 0 Å². The Balaban J connectivity index is 2.25. The summed E-state index contributed by atoms with van der Waals surface area (Å²) >= 11 is 0. The number of nitrogens with two attached hydrogens (primary N) is 1. The summed E-state index contributed by atoms with van der Waals surface area (Å²) in [7, 11) is 0. The fraction of sp³-hybridized carbons (Fsp3) is 0.889. The summed E-state index contributed by atoms with van der Waals surface area (Å²) in [4.78, 5) is 13.5. The van der Waals surface area contributed by atoms with Crippen LogP contribution >= 0.6 is 0 Å². The van der Waals surface area contributed by atoms with Gasteiger partial charge in [-0.25, -0.2) is 5.84 Å². The monoisotopic (exact) mass is 185 g/mol. The minimum atomic E-state index is -0.0643. The van der Waals surface area contributed by atoms with Crippen molar-refractivity contribution in [3.05, 3.63) is 0 Å². The summed E-state index contributed by atoms with van der Waals surface area (Å²) in [6.07, 6.45) is 3.85. The highest BCUT2D eigenvalue weighted by Gasteiger charge is 2.17. The summed E-state index contributed by atoms with van der Waals surface area (Å²) in [5.41, 5.74) is 2.19. The fourth-order valence-corrected chi connectivity index (χ4v) is 1.75. The molecule has 1 rings (SSSR count). The molecule has 1 aliphatic rings. The Kier molecular flexibility index (Phi) is 4.18. The molecule has 1 fully saturated rings. The van der Waals surface area contributed by atoms with E-state index in [9.17, 15) is 4.79 Å². The van der Waals surface area contributed by atoms with Crippen molar-refractivity contribution in [2.24, 2.45) is 11.8 Å². The van der Waals surface area contributed by atoms with Crippen LogP contribution in [0.15, 0.2) is 0 Å². The first-order valence-electron chi connectivity index (χ1n) is 4.97. The molecule has 1 unspecified atom stereocenters. The number of nitrogens with zero attached hydrogens (tertiary/aromatic N) is 1. The number of likely N-dealkylation sites (tertiary alicyclic amines) is 1. The van der Waals surface area contributed by atoms with E-state index in [1.54, 1.807) is 0 Å². The van der Waals surface area contributed by atoms with Crippen molar-refractivity contribution >= 4 is 5.91 Å². The highest BCUT2D eigenvalue weighted by molar-refractivity contribution is 5.77. The second-order valence-corrected chi connectivity index (χ2v) is 3.77. The number of hydrazine groups is 1. The molecule has 1 heterocycles. The maximum atomic E-state index is 11.1. The van der Waals surface area contributed by atoms with Gasteiger partial charge in [-0.3, -0.25) is 10.2 Å². The SMILES string of the molecule is CC(CN1CCCCC1)C(=O)NN. The Morgan fingerprint density at radius 1 is 1.46 bits per heavy atom. The molecule has 0 aromatic rings. The molecule has 0 saturated carbocycles. The van der Waals surface area contributed by atoms with Gasteiger partial charge in [0.15, 0.2) is 0 Å². The predicted octanol–water partition coefficient (Wildman–Crippen LogP) is 0.0983. The zero-order valence-corrected chi connectivity index (χ0v) is 8.25. The highest BCUT2D eigenvalue weighted by atomic mass is 16.2. The minimum absolute atomic E-state index is 0.00287. The Morgan fingerprint density at radius 3 is 2.62 bits per heavy atom. The van der Waals surface area contributed by atoms with E-state index >= 15 is 0 Å². The van der Waals surface area contributed by atoms with Crippen LogP contribution < -0.4 is 11.3 Å². The van der Waals surface area contributed by atoms with Crippen molar-refractivity contribution in [3.63, 3.8) is 0 Å². The molecule has 0 aromatic heterocycles. The van der Waals surface area contributed by atoms with Crippen LogP contribution in [-0.2, 0) is 4.79 Å². The Morgan fingerprint density at radius 2 is 2.08 bits per heavy atom. The number of piperidine rings is 1. The van der Waals surface area contributed by atoms with Crippen molar-refractivity contribution in [2.75, 3.05) is 19.6 Å². The van der Waals surface area contributed by atoms with Crippen molar-refractivity contribution < 1.29 is 4.79 Å². The summed E-state index contributed by atoms with van der Waals surface area (Å²) in [6, 6.07) is 0. The third-order valence-corrected chi connectivity index (χ3v) is 2.57. The van der Waals surface area contributed by atoms with E-state index in [0.717, 1.165) is 19.6 Å². The van der Waals surface area contributed by atoms with Gasteiger partial charge in [0.05, 0.1) is 0 Å². The maximum absolute atomic E-state index is 11.1. The zero-order valence-electron chi connectivity index (χ0n) is 8.25. The van der Waals surface area contributed by atoms with Crippen LogP contribution in [0.25, 0.3) is 0 Å². The van der Waals surface area contributed by atoms with Gasteiger partial charge in [0.1, 0.15) is 0 Å². The average molecular weight is 185 g/mol. The van der Waals surface area contributed by atoms with Gasteiger partial charge in [-0.2, -0.15) is 0 Å². The van der Waals surface area contributed by atoms with Crippen LogP contribution in [0.4, 0.5) is 0 Å². The molecule has 76 valence electrons. The van der Waals surface area contributed by atoms with E-state index in [1.807, 2.05) is 6.92 Å². The molecule has 4 heteroatoms. The lowest BCUT2D eigenvalue weighted by molar-refractivity contribution is -0.125. The first kappa shape index (κ1) is 10.5. The standard InChI is InChI=1S/C9H19N3O/c1-8(9(13)11-10)7-12-5-3-2-4-6-12/h8H,2-7,10H2,1H3,(H,11,13). The zero-order chi connectivity index (χ0) is 9.68. The van der Waals surface area contributed by atoms with Gasteiger partial charge in [-0.1, -0.05) is 13.3 Å². The second kappa shape index (κ2) is 5.19. The first-order valence-corrected chi connectivity index (χ1v) is 4.97. The lowest BCUT2D eigenvalue weighted by Crippen LogP contribution is -2.41. The Bertz CT molecular complexity index is 166. The topological polar surface area (TPSA) is 58.4 Å². The second-order valence-electron chi connectivity index (χ2n) is 3.77. The summed E-state index contributed by atoms with van der Waals surface area (Å²) in [5.74, 6) is 5.00. The number of nitrogens with one attached hydrogen (secondary N) is 1. The number of carbonyl (C=O) groups excluding carboxylic acids is 1. The van der Waals surface area contributed by atoms with Crippen LogP contribution in [0.1, 0.15) is 26.2 Å². The molecule has 0 bridgehead atoms. The van der Waals surface area contributed by atoms with Gasteiger partial charge in [0.25, 0.3) is 0 Å². The lowest BCUT2D eigenvalue weighted by atomic mass is 10.1. The Labute approximate surface area is 79.4 Å². The van der Waals surface area contributed by atoms with Crippen molar-refractivity contribution in [3.8, 4) is 0 Å². The molecule has 0 spiro atoms. The lowest BCUT2D eigenvalue weighted by Gasteiger charge is -2.28. The van der Waals surface area contributed by atoms with Crippen LogP contribution in [0, 0.1) is 5.92 Å². The van der Waals surface area contributed by atoms with E-state index in [-0.39, 0.29) is 11.8 Å². The van der Waals surface area contributed by atoms with Gasteiger partial charge in [-0.05, 0) is 25.9 Å². The number of hydrogen-bond donors (Lipinski definition) is 2. The molecule has 0 aromatic carbocycles. The first-order chi connectivity index (χ1) is 6.24. The summed E-state index contributed by atoms with van der Waals surface area (Å²) < 4.78 is 0. The highest BCUT2D eigenvalue weighted by Crippen LogP contribution is 2.10. The quantitative estimate of drug-likeness (QED) is 0.372. The van der Waals surface area contributed by atoms with Crippen molar-refractivity contribution in [1.29, 1.82) is 0 Å². The molecule has 0 aliphatic carbocycles. The minimum Gasteiger partial charge on any atom is -0.303 e. The maximum Gasteiger partial charge on any atom is 0.237 e. The largest absolute Gasteiger partial charge is 0.303 e. The van der Waals surface area contributed by atoms with Gasteiger partial charge in [0.2, 0.25) is 5.91 Å². The van der Waals surface area contributed by atoms with Gasteiger partial charge in [0, 0.05) is 12.5 Å². The van der Waals surface area contributed by atoms with Crippen LogP contribution in [-0.4, -0.2) is 30.4 Å². The predicted molar refractivity (Wildman–Crippen MR) is 51.8 cm³/mol. The molecule has 3 N–H and O–H groups in total. The van der Waals surface area contributed by atoms with Crippen LogP contribution in [0.2, 0.25) is 0 Å². The number of carbonyl (C=O) groups is 1. The fourth-order valence-electron chi connectivity index (χ4n) is 1.75. The molecule has 0 radical (unpaired) electrons. The third-order valence-electron chi connectivity index (χ3n) is 2.57. The molecule has 1 saturated heterocycles. The molecule has 1 amide bonds. The van der Waals surface area contributed by atoms with Crippen molar-refractivity contribution in [2.45, 2.75) is 26.2 Å². The Hall–Kier alpha value is -0.610. The normalized spacial score (nSPS) is 21.1. The molecule has 13 heavy (non-hydrogen) atoms. The summed E-state index contributed by atoms with van der Waals surface area (Å²) in [6.45, 7) is 5.00. The third kappa shape index (κ3) is 3.32. The van der Waals surface area contributed by atoms with E-state index in [4.69, 9.17) is 5.84 Å². The van der Waals surface area contributed by atoms with Gasteiger partial charge < -0.3 is 4.90 Å². The molecule has 4 nitrogen and oxygen atoms in total. The summed E-state index contributed by atoms with van der Waals surface area (Å²) in [5, 5.41) is 0. The van der Waals surface area contributed by atoms with Crippen molar-refractivity contribution in [1.82, 2.24) is 10.3 Å². The number of rotatable bonds is 3. The molecule has 1 aliphatic heterocycles. The van der Waals surface area contributed by atoms with Crippen LogP contribution in [0.3, 0.4) is 0 Å². The van der Waals surface area contributed by atoms with E-state index in [0.29, 0.717) is 0 Å². The van der Waals surface area contributed by atoms with Gasteiger partial charge in [-0.15, -0.1) is 0 Å². The molecular weight excluding hydrogens is 166 g/mol. The van der Waals surface area contributed by atoms with Crippen LogP contribution in [0.5, 0.6) is 0 Å². The van der Waals surface area contributed by atoms with E-state index in [1.165, 1.54) is 19.3 Å². The molecule has 1 atom stereocenters. The smallest absolute Gasteiger partial charge is 0.237 e. The van der Waals surface area contributed by atoms with E-state index in [2.05, 4.69) is 10.3 Å². The number of hydrogen-bond acceptors (Lipinski definition) is 3. The number of amides is 1. The average Bonchev–Trinajstić information content (AvgIpc) is 2.18.